The summed E-state index contributed by atoms with van der Waals surface area (Å²) in [5.41, 5.74) is 5.56. The van der Waals surface area contributed by atoms with E-state index in [-0.39, 0.29) is 16.5 Å². The maximum atomic E-state index is 13.6. The Bertz CT molecular complexity index is 1890. The molecule has 1 aromatic heterocycles. The first-order chi connectivity index (χ1) is 21.8. The van der Waals surface area contributed by atoms with E-state index in [2.05, 4.69) is 56.5 Å². The number of amides is 1. The number of aliphatic hydroxyl groups is 1. The molecule has 1 fully saturated rings. The van der Waals surface area contributed by atoms with E-state index < -0.39 is 17.7 Å². The number of carbonyl (C=O) groups is 2. The summed E-state index contributed by atoms with van der Waals surface area (Å²) >= 11 is 6.21. The zero-order valence-electron chi connectivity index (χ0n) is 24.4. The molecule has 0 radical (unpaired) electrons. The summed E-state index contributed by atoms with van der Waals surface area (Å²) in [5.74, 6) is -0.526. The average Bonchev–Trinajstić information content (AvgIpc) is 3.62. The van der Waals surface area contributed by atoms with Crippen molar-refractivity contribution in [2.45, 2.75) is 36.6 Å². The number of anilines is 1. The number of aromatic nitrogens is 2. The number of rotatable bonds is 9. The van der Waals surface area contributed by atoms with E-state index in [1.54, 1.807) is 24.3 Å². The van der Waals surface area contributed by atoms with Crippen molar-refractivity contribution in [3.8, 4) is 5.75 Å². The largest absolute Gasteiger partial charge is 0.507 e. The second-order valence-corrected chi connectivity index (χ2v) is 13.7. The number of aryl methyl sites for hydroxylation is 2. The highest BCUT2D eigenvalue weighted by Crippen LogP contribution is 2.44. The summed E-state index contributed by atoms with van der Waals surface area (Å²) in [4.78, 5) is 28.5. The van der Waals surface area contributed by atoms with Crippen LogP contribution in [0.15, 0.2) is 111 Å². The number of ether oxygens (including phenoxy) is 1. The highest BCUT2D eigenvalue weighted by atomic mass is 79.9. The molecule has 1 N–H and O–H groups in total. The van der Waals surface area contributed by atoms with Crippen LogP contribution in [0.25, 0.3) is 5.76 Å². The van der Waals surface area contributed by atoms with Gasteiger partial charge in [-0.3, -0.25) is 14.5 Å². The van der Waals surface area contributed by atoms with Crippen molar-refractivity contribution in [3.63, 3.8) is 0 Å². The Kier molecular flexibility index (Phi) is 9.16. The standard InChI is InChI=1S/C35H28BrN3O4S2/c1-21-6-8-23(9-7-21)20-44-35-38-37-34(45-35)39-30(25-10-14-27(36)15-11-25)29(32(41)33(39)42)31(40)26-12-16-28(17-13-26)43-19-24-5-3-4-22(2)18-24/h3-18,30,40H,19-20H2,1-2H3. The molecule has 1 amide bonds. The molecule has 0 saturated carbocycles. The first-order valence-corrected chi connectivity index (χ1v) is 16.7. The van der Waals surface area contributed by atoms with E-state index in [9.17, 15) is 14.7 Å². The Morgan fingerprint density at radius 1 is 0.911 bits per heavy atom. The molecule has 45 heavy (non-hydrogen) atoms. The van der Waals surface area contributed by atoms with Crippen LogP contribution in [-0.2, 0) is 21.9 Å². The molecule has 5 aromatic rings. The van der Waals surface area contributed by atoms with Crippen molar-refractivity contribution >= 4 is 61.6 Å². The summed E-state index contributed by atoms with van der Waals surface area (Å²) in [7, 11) is 0. The lowest BCUT2D eigenvalue weighted by Crippen LogP contribution is -2.29. The van der Waals surface area contributed by atoms with E-state index in [4.69, 9.17) is 4.74 Å². The first kappa shape index (κ1) is 30.8. The van der Waals surface area contributed by atoms with E-state index in [0.717, 1.165) is 21.2 Å². The van der Waals surface area contributed by atoms with Crippen LogP contribution in [0.4, 0.5) is 5.13 Å². The highest BCUT2D eigenvalue weighted by Gasteiger charge is 2.48. The maximum Gasteiger partial charge on any atom is 0.301 e. The van der Waals surface area contributed by atoms with Crippen molar-refractivity contribution in [2.24, 2.45) is 0 Å². The van der Waals surface area contributed by atoms with Gasteiger partial charge in [0.1, 0.15) is 18.1 Å². The van der Waals surface area contributed by atoms with Gasteiger partial charge in [-0.2, -0.15) is 0 Å². The van der Waals surface area contributed by atoms with Crippen LogP contribution in [0.1, 0.15) is 39.4 Å². The summed E-state index contributed by atoms with van der Waals surface area (Å²) in [6.07, 6.45) is 0. The molecule has 0 spiro atoms. The Morgan fingerprint density at radius 2 is 1.64 bits per heavy atom. The highest BCUT2D eigenvalue weighted by molar-refractivity contribution is 9.10. The lowest BCUT2D eigenvalue weighted by molar-refractivity contribution is -0.132. The van der Waals surface area contributed by atoms with Gasteiger partial charge in [-0.1, -0.05) is 111 Å². The number of benzene rings is 4. The van der Waals surface area contributed by atoms with Gasteiger partial charge in [-0.25, -0.2) is 0 Å². The molecule has 7 nitrogen and oxygen atoms in total. The molecular formula is C35H28BrN3O4S2. The van der Waals surface area contributed by atoms with Gasteiger partial charge in [-0.15, -0.1) is 10.2 Å². The van der Waals surface area contributed by atoms with Gasteiger partial charge in [0.2, 0.25) is 5.13 Å². The SMILES string of the molecule is Cc1ccc(CSc2nnc(N3C(=O)C(=O)C(=C(O)c4ccc(OCc5cccc(C)c5)cc4)C3c3ccc(Br)cc3)s2)cc1. The number of hydrogen-bond acceptors (Lipinski definition) is 8. The van der Waals surface area contributed by atoms with Gasteiger partial charge in [0, 0.05) is 15.8 Å². The summed E-state index contributed by atoms with van der Waals surface area (Å²) < 4.78 is 7.44. The molecule has 6 rings (SSSR count). The Balaban J connectivity index is 1.29. The monoisotopic (exact) mass is 697 g/mol. The summed E-state index contributed by atoms with van der Waals surface area (Å²) in [5, 5.41) is 20.4. The minimum atomic E-state index is -0.891. The van der Waals surface area contributed by atoms with Crippen LogP contribution in [0.5, 0.6) is 5.75 Å². The van der Waals surface area contributed by atoms with Gasteiger partial charge in [0.05, 0.1) is 11.6 Å². The zero-order chi connectivity index (χ0) is 31.5. The molecule has 1 atom stereocenters. The molecule has 226 valence electrons. The predicted molar refractivity (Wildman–Crippen MR) is 182 cm³/mol. The molecule has 10 heteroatoms. The number of Topliss-reactive ketones (excluding diaryl/α,β-unsaturated/α-hetero) is 1. The number of hydrogen-bond donors (Lipinski definition) is 1. The molecule has 1 aliphatic rings. The molecule has 0 bridgehead atoms. The molecule has 1 saturated heterocycles. The van der Waals surface area contributed by atoms with Gasteiger partial charge in [0.15, 0.2) is 4.34 Å². The lowest BCUT2D eigenvalue weighted by atomic mass is 9.95. The zero-order valence-corrected chi connectivity index (χ0v) is 27.7. The van der Waals surface area contributed by atoms with Gasteiger partial charge < -0.3 is 9.84 Å². The maximum absolute atomic E-state index is 13.6. The normalized spacial score (nSPS) is 15.9. The molecule has 0 aliphatic carbocycles. The van der Waals surface area contributed by atoms with Gasteiger partial charge in [0.25, 0.3) is 5.78 Å². The van der Waals surface area contributed by atoms with E-state index in [1.165, 1.54) is 33.6 Å². The first-order valence-electron chi connectivity index (χ1n) is 14.1. The molecule has 1 aliphatic heterocycles. The quantitative estimate of drug-likeness (QED) is 0.0544. The molecule has 4 aromatic carbocycles. The summed E-state index contributed by atoms with van der Waals surface area (Å²) in [6, 6.07) is 29.6. The van der Waals surface area contributed by atoms with Crippen molar-refractivity contribution in [1.82, 2.24) is 10.2 Å². The molecule has 2 heterocycles. The summed E-state index contributed by atoms with van der Waals surface area (Å²) in [6.45, 7) is 4.47. The van der Waals surface area contributed by atoms with Crippen molar-refractivity contribution in [1.29, 1.82) is 0 Å². The smallest absolute Gasteiger partial charge is 0.301 e. The van der Waals surface area contributed by atoms with Crippen LogP contribution in [0.2, 0.25) is 0 Å². The Morgan fingerprint density at radius 3 is 2.36 bits per heavy atom. The topological polar surface area (TPSA) is 92.6 Å². The van der Waals surface area contributed by atoms with Crippen molar-refractivity contribution < 1.29 is 19.4 Å². The third-order valence-electron chi connectivity index (χ3n) is 7.33. The van der Waals surface area contributed by atoms with E-state index >= 15 is 0 Å². The van der Waals surface area contributed by atoms with Crippen molar-refractivity contribution in [2.75, 3.05) is 4.90 Å². The second-order valence-electron chi connectivity index (χ2n) is 10.6. The van der Waals surface area contributed by atoms with Crippen LogP contribution in [0, 0.1) is 13.8 Å². The fourth-order valence-corrected chi connectivity index (χ4v) is 7.10. The third kappa shape index (κ3) is 6.88. The van der Waals surface area contributed by atoms with Gasteiger partial charge >= 0.3 is 5.91 Å². The Labute approximate surface area is 277 Å². The Hall–Kier alpha value is -4.25. The number of halogens is 1. The van der Waals surface area contributed by atoms with Crippen molar-refractivity contribution in [3.05, 3.63) is 140 Å². The second kappa shape index (κ2) is 13.4. The number of nitrogens with zero attached hydrogens (tertiary/aromatic N) is 3. The van der Waals surface area contributed by atoms with Crippen LogP contribution in [0.3, 0.4) is 0 Å². The average molecular weight is 699 g/mol. The predicted octanol–water partition coefficient (Wildman–Crippen LogP) is 8.42. The van der Waals surface area contributed by atoms with E-state index in [1.807, 2.05) is 56.3 Å². The number of carbonyl (C=O) groups excluding carboxylic acids is 2. The number of thioether (sulfide) groups is 1. The minimum Gasteiger partial charge on any atom is -0.507 e. The number of ketones is 1. The molecular weight excluding hydrogens is 670 g/mol. The fourth-order valence-electron chi connectivity index (χ4n) is 5.01. The third-order valence-corrected chi connectivity index (χ3v) is 9.99. The lowest BCUT2D eigenvalue weighted by Gasteiger charge is -2.22. The molecule has 1 unspecified atom stereocenters. The van der Waals surface area contributed by atoms with Crippen LogP contribution < -0.4 is 9.64 Å². The van der Waals surface area contributed by atoms with Crippen LogP contribution >= 0.6 is 39.0 Å². The van der Waals surface area contributed by atoms with Gasteiger partial charge in [-0.05, 0) is 66.9 Å². The number of aliphatic hydroxyl groups excluding tert-OH is 1. The minimum absolute atomic E-state index is 0.0141. The van der Waals surface area contributed by atoms with Crippen LogP contribution in [-0.4, -0.2) is 27.0 Å². The van der Waals surface area contributed by atoms with E-state index in [0.29, 0.717) is 33.6 Å². The fraction of sp³-hybridized carbons (Fsp3) is 0.143.